The lowest BCUT2D eigenvalue weighted by molar-refractivity contribution is -0.117. The van der Waals surface area contributed by atoms with Crippen molar-refractivity contribution >= 4 is 29.2 Å². The van der Waals surface area contributed by atoms with Crippen LogP contribution in [0, 0.1) is 11.7 Å². The van der Waals surface area contributed by atoms with Gasteiger partial charge in [-0.15, -0.1) is 0 Å². The standard InChI is InChI=1S/C18H15ClFNO4/c19-14-5-4-12(8-15(14)20)25-9-10-1-6-16(13(7-10)18(23)24)21-17(22)11-2-3-11/h1,4-8,11H,2-3,9H2,(H,21,22)(H,23,24). The zero-order chi connectivity index (χ0) is 18.0. The van der Waals surface area contributed by atoms with Crippen molar-refractivity contribution in [1.82, 2.24) is 0 Å². The maximum atomic E-state index is 13.4. The Morgan fingerprint density at radius 1 is 1.24 bits per heavy atom. The predicted molar refractivity (Wildman–Crippen MR) is 90.5 cm³/mol. The number of benzene rings is 2. The van der Waals surface area contributed by atoms with Gasteiger partial charge in [0, 0.05) is 12.0 Å². The number of rotatable bonds is 6. The average Bonchev–Trinajstić information content (AvgIpc) is 3.41. The quantitative estimate of drug-likeness (QED) is 0.810. The van der Waals surface area contributed by atoms with E-state index >= 15 is 0 Å². The molecule has 0 bridgehead atoms. The van der Waals surface area contributed by atoms with E-state index in [4.69, 9.17) is 16.3 Å². The summed E-state index contributed by atoms with van der Waals surface area (Å²) in [5, 5.41) is 12.0. The fraction of sp³-hybridized carbons (Fsp3) is 0.222. The predicted octanol–water partition coefficient (Wildman–Crippen LogP) is 4.10. The number of hydrogen-bond acceptors (Lipinski definition) is 3. The Balaban J connectivity index is 1.73. The Bertz CT molecular complexity index is 836. The van der Waals surface area contributed by atoms with Gasteiger partial charge in [0.1, 0.15) is 18.2 Å². The second-order valence-electron chi connectivity index (χ2n) is 5.81. The molecule has 0 heterocycles. The van der Waals surface area contributed by atoms with Gasteiger partial charge in [-0.3, -0.25) is 4.79 Å². The third-order valence-electron chi connectivity index (χ3n) is 3.82. The third-order valence-corrected chi connectivity index (χ3v) is 4.12. The van der Waals surface area contributed by atoms with Crippen LogP contribution in [0.25, 0.3) is 0 Å². The summed E-state index contributed by atoms with van der Waals surface area (Å²) in [5.74, 6) is -1.65. The highest BCUT2D eigenvalue weighted by Gasteiger charge is 2.30. The van der Waals surface area contributed by atoms with Gasteiger partial charge < -0.3 is 15.2 Å². The van der Waals surface area contributed by atoms with Crippen LogP contribution in [0.3, 0.4) is 0 Å². The van der Waals surface area contributed by atoms with Gasteiger partial charge in [-0.25, -0.2) is 9.18 Å². The molecule has 1 fully saturated rings. The molecule has 1 aliphatic carbocycles. The van der Waals surface area contributed by atoms with E-state index in [2.05, 4.69) is 5.32 Å². The number of hydrogen-bond donors (Lipinski definition) is 2. The summed E-state index contributed by atoms with van der Waals surface area (Å²) in [6.07, 6.45) is 1.66. The molecule has 2 N–H and O–H groups in total. The van der Waals surface area contributed by atoms with Crippen molar-refractivity contribution in [3.63, 3.8) is 0 Å². The average molecular weight is 364 g/mol. The molecule has 0 atom stereocenters. The van der Waals surface area contributed by atoms with E-state index in [9.17, 15) is 19.1 Å². The zero-order valence-electron chi connectivity index (χ0n) is 13.1. The fourth-order valence-corrected chi connectivity index (χ4v) is 2.40. The molecule has 130 valence electrons. The number of amides is 1. The molecular weight excluding hydrogens is 349 g/mol. The van der Waals surface area contributed by atoms with Gasteiger partial charge in [0.2, 0.25) is 5.91 Å². The van der Waals surface area contributed by atoms with Gasteiger partial charge in [0.05, 0.1) is 16.3 Å². The molecule has 0 aliphatic heterocycles. The number of carboxylic acids is 1. The second-order valence-corrected chi connectivity index (χ2v) is 6.22. The molecule has 0 radical (unpaired) electrons. The summed E-state index contributed by atoms with van der Waals surface area (Å²) in [6, 6.07) is 8.67. The van der Waals surface area contributed by atoms with Crippen LogP contribution in [-0.4, -0.2) is 17.0 Å². The van der Waals surface area contributed by atoms with Crippen molar-refractivity contribution in [2.75, 3.05) is 5.32 Å². The molecule has 5 nitrogen and oxygen atoms in total. The first-order valence-electron chi connectivity index (χ1n) is 7.69. The van der Waals surface area contributed by atoms with Crippen LogP contribution in [0.2, 0.25) is 5.02 Å². The Morgan fingerprint density at radius 3 is 2.64 bits per heavy atom. The Kier molecular flexibility index (Phi) is 4.90. The molecule has 0 aromatic heterocycles. The zero-order valence-corrected chi connectivity index (χ0v) is 13.8. The third kappa shape index (κ3) is 4.28. The van der Waals surface area contributed by atoms with Crippen LogP contribution < -0.4 is 10.1 Å². The molecule has 25 heavy (non-hydrogen) atoms. The molecule has 3 rings (SSSR count). The fourth-order valence-electron chi connectivity index (χ4n) is 2.28. The van der Waals surface area contributed by atoms with Crippen LogP contribution in [-0.2, 0) is 11.4 Å². The minimum Gasteiger partial charge on any atom is -0.489 e. The normalized spacial score (nSPS) is 13.4. The smallest absolute Gasteiger partial charge is 0.337 e. The van der Waals surface area contributed by atoms with Crippen molar-refractivity contribution in [1.29, 1.82) is 0 Å². The lowest BCUT2D eigenvalue weighted by Crippen LogP contribution is -2.16. The lowest BCUT2D eigenvalue weighted by atomic mass is 10.1. The SMILES string of the molecule is O=C(O)c1cc(COc2ccc(Cl)c(F)c2)ccc1NC(=O)C1CC1. The van der Waals surface area contributed by atoms with E-state index in [1.54, 1.807) is 6.07 Å². The van der Waals surface area contributed by atoms with Crippen LogP contribution in [0.1, 0.15) is 28.8 Å². The van der Waals surface area contributed by atoms with Gasteiger partial charge in [0.25, 0.3) is 0 Å². The highest BCUT2D eigenvalue weighted by Crippen LogP contribution is 2.31. The van der Waals surface area contributed by atoms with Crippen molar-refractivity contribution < 1.29 is 23.8 Å². The molecule has 0 saturated heterocycles. The van der Waals surface area contributed by atoms with E-state index in [-0.39, 0.29) is 40.5 Å². The van der Waals surface area contributed by atoms with Crippen LogP contribution >= 0.6 is 11.6 Å². The van der Waals surface area contributed by atoms with Gasteiger partial charge >= 0.3 is 5.97 Å². The molecule has 0 spiro atoms. The molecule has 0 unspecified atom stereocenters. The van der Waals surface area contributed by atoms with Crippen LogP contribution in [0.15, 0.2) is 36.4 Å². The highest BCUT2D eigenvalue weighted by atomic mass is 35.5. The highest BCUT2D eigenvalue weighted by molar-refractivity contribution is 6.30. The Morgan fingerprint density at radius 2 is 2.00 bits per heavy atom. The first-order valence-corrected chi connectivity index (χ1v) is 8.07. The summed E-state index contributed by atoms with van der Waals surface area (Å²) < 4.78 is 18.8. The number of carboxylic acid groups (broad SMARTS) is 1. The number of carbonyl (C=O) groups excluding carboxylic acids is 1. The van der Waals surface area contributed by atoms with Gasteiger partial charge in [-0.1, -0.05) is 17.7 Å². The second kappa shape index (κ2) is 7.11. The number of halogens is 2. The molecule has 2 aromatic rings. The molecule has 2 aromatic carbocycles. The molecule has 1 aliphatic rings. The lowest BCUT2D eigenvalue weighted by Gasteiger charge is -2.11. The minimum atomic E-state index is -1.15. The maximum Gasteiger partial charge on any atom is 0.337 e. The number of anilines is 1. The maximum absolute atomic E-state index is 13.4. The van der Waals surface area contributed by atoms with Crippen LogP contribution in [0.5, 0.6) is 5.75 Å². The molecule has 7 heteroatoms. The van der Waals surface area contributed by atoms with Gasteiger partial charge in [-0.2, -0.15) is 0 Å². The van der Waals surface area contributed by atoms with E-state index < -0.39 is 11.8 Å². The first kappa shape index (κ1) is 17.2. The van der Waals surface area contributed by atoms with E-state index in [1.807, 2.05) is 0 Å². The number of ether oxygens (including phenoxy) is 1. The van der Waals surface area contributed by atoms with Crippen molar-refractivity contribution in [3.05, 3.63) is 58.4 Å². The largest absolute Gasteiger partial charge is 0.489 e. The molecule has 1 saturated carbocycles. The molecule has 1 amide bonds. The number of nitrogens with one attached hydrogen (secondary N) is 1. The van der Waals surface area contributed by atoms with Crippen LogP contribution in [0.4, 0.5) is 10.1 Å². The summed E-state index contributed by atoms with van der Waals surface area (Å²) in [7, 11) is 0. The van der Waals surface area contributed by atoms with Crippen molar-refractivity contribution in [3.8, 4) is 5.75 Å². The number of carbonyl (C=O) groups is 2. The van der Waals surface area contributed by atoms with Crippen molar-refractivity contribution in [2.24, 2.45) is 5.92 Å². The molecular formula is C18H15ClFNO4. The van der Waals surface area contributed by atoms with Crippen molar-refractivity contribution in [2.45, 2.75) is 19.4 Å². The summed E-state index contributed by atoms with van der Waals surface area (Å²) >= 11 is 5.61. The Labute approximate surface area is 148 Å². The minimum absolute atomic E-state index is 0.00345. The Hall–Kier alpha value is -2.60. The summed E-state index contributed by atoms with van der Waals surface area (Å²) in [6.45, 7) is 0.0538. The summed E-state index contributed by atoms with van der Waals surface area (Å²) in [4.78, 5) is 23.3. The van der Waals surface area contributed by atoms with E-state index in [0.717, 1.165) is 18.9 Å². The topological polar surface area (TPSA) is 75.6 Å². The first-order chi connectivity index (χ1) is 11.9. The summed E-state index contributed by atoms with van der Waals surface area (Å²) in [5.41, 5.74) is 0.820. The van der Waals surface area contributed by atoms with Gasteiger partial charge in [-0.05, 0) is 42.7 Å². The van der Waals surface area contributed by atoms with Gasteiger partial charge in [0.15, 0.2) is 0 Å². The van der Waals surface area contributed by atoms with E-state index in [1.165, 1.54) is 24.3 Å². The van der Waals surface area contributed by atoms with E-state index in [0.29, 0.717) is 5.56 Å². The number of aromatic carboxylic acids is 1. The monoisotopic (exact) mass is 363 g/mol.